The number of aromatic amines is 1. The van der Waals surface area contributed by atoms with E-state index >= 15 is 0 Å². The van der Waals surface area contributed by atoms with Gasteiger partial charge in [0.05, 0.1) is 18.4 Å². The average Bonchev–Trinajstić information content (AvgIpc) is 2.98. The number of nitrogens with one attached hydrogen (secondary N) is 1. The molecule has 5 nitrogen and oxygen atoms in total. The van der Waals surface area contributed by atoms with Crippen molar-refractivity contribution in [1.82, 2.24) is 4.98 Å². The fourth-order valence-corrected chi connectivity index (χ4v) is 1.59. The molecule has 0 bridgehead atoms. The summed E-state index contributed by atoms with van der Waals surface area (Å²) in [7, 11) is 1.32. The van der Waals surface area contributed by atoms with Gasteiger partial charge in [-0.1, -0.05) is 0 Å². The van der Waals surface area contributed by atoms with Crippen LogP contribution in [0.1, 0.15) is 20.8 Å². The summed E-state index contributed by atoms with van der Waals surface area (Å²) >= 11 is 0. The van der Waals surface area contributed by atoms with Crippen molar-refractivity contribution in [3.8, 4) is 5.75 Å². The maximum atomic E-state index is 13.4. The fraction of sp³-hybridized carbons (Fsp3) is 0.143. The summed E-state index contributed by atoms with van der Waals surface area (Å²) in [6, 6.07) is 6.92. The van der Waals surface area contributed by atoms with Crippen molar-refractivity contribution in [2.45, 2.75) is 0 Å². The Morgan fingerprint density at radius 2 is 2.10 bits per heavy atom. The third kappa shape index (κ3) is 3.03. The Labute approximate surface area is 114 Å². The maximum Gasteiger partial charge on any atom is 0.338 e. The molecular formula is C14H12FNO4. The summed E-state index contributed by atoms with van der Waals surface area (Å²) in [4.78, 5) is 26.0. The Balaban J connectivity index is 1.98. The van der Waals surface area contributed by atoms with Crippen LogP contribution in [0.4, 0.5) is 4.39 Å². The zero-order chi connectivity index (χ0) is 14.5. The van der Waals surface area contributed by atoms with Crippen molar-refractivity contribution in [2.75, 3.05) is 13.7 Å². The van der Waals surface area contributed by atoms with Gasteiger partial charge in [0, 0.05) is 6.20 Å². The summed E-state index contributed by atoms with van der Waals surface area (Å²) in [5.74, 6) is -1.77. The fourth-order valence-electron chi connectivity index (χ4n) is 1.59. The summed E-state index contributed by atoms with van der Waals surface area (Å²) in [6.07, 6.45) is 1.59. The first kappa shape index (κ1) is 13.8. The number of carbonyl (C=O) groups excluding carboxylic acids is 2. The Bertz CT molecular complexity index is 622. The minimum absolute atomic E-state index is 0.0163. The average molecular weight is 277 g/mol. The number of hydrogen-bond acceptors (Lipinski definition) is 4. The number of Topliss-reactive ketones (excluding diaryl/α,β-unsaturated/α-hetero) is 1. The molecule has 0 fully saturated rings. The largest absolute Gasteiger partial charge is 0.494 e. The smallest absolute Gasteiger partial charge is 0.338 e. The molecule has 2 rings (SSSR count). The van der Waals surface area contributed by atoms with Crippen LogP contribution >= 0.6 is 0 Å². The monoisotopic (exact) mass is 277 g/mol. The number of aromatic nitrogens is 1. The highest BCUT2D eigenvalue weighted by Crippen LogP contribution is 2.18. The molecular weight excluding hydrogens is 265 g/mol. The van der Waals surface area contributed by atoms with Crippen LogP contribution in [-0.2, 0) is 4.74 Å². The topological polar surface area (TPSA) is 68.4 Å². The lowest BCUT2D eigenvalue weighted by Gasteiger charge is -2.05. The molecule has 6 heteroatoms. The molecule has 2 aromatic rings. The number of benzene rings is 1. The lowest BCUT2D eigenvalue weighted by Crippen LogP contribution is -2.14. The lowest BCUT2D eigenvalue weighted by atomic mass is 10.2. The molecule has 1 heterocycles. The van der Waals surface area contributed by atoms with Gasteiger partial charge in [0.2, 0.25) is 5.78 Å². The molecule has 0 spiro atoms. The highest BCUT2D eigenvalue weighted by Gasteiger charge is 2.14. The van der Waals surface area contributed by atoms with Crippen LogP contribution in [0, 0.1) is 5.82 Å². The van der Waals surface area contributed by atoms with E-state index in [-0.39, 0.29) is 17.1 Å². The number of ketones is 1. The third-order valence-electron chi connectivity index (χ3n) is 2.62. The van der Waals surface area contributed by atoms with Crippen molar-refractivity contribution in [3.63, 3.8) is 0 Å². The van der Waals surface area contributed by atoms with Crippen LogP contribution < -0.4 is 4.74 Å². The summed E-state index contributed by atoms with van der Waals surface area (Å²) < 4.78 is 23.0. The molecule has 1 aromatic heterocycles. The van der Waals surface area contributed by atoms with E-state index in [9.17, 15) is 14.0 Å². The molecule has 0 atom stereocenters. The number of esters is 1. The minimum Gasteiger partial charge on any atom is -0.494 e. The Morgan fingerprint density at radius 3 is 2.70 bits per heavy atom. The molecule has 0 amide bonds. The van der Waals surface area contributed by atoms with Crippen molar-refractivity contribution in [1.29, 1.82) is 0 Å². The molecule has 0 saturated heterocycles. The highest BCUT2D eigenvalue weighted by molar-refractivity contribution is 5.98. The van der Waals surface area contributed by atoms with E-state index < -0.39 is 18.4 Å². The van der Waals surface area contributed by atoms with Crippen LogP contribution in [-0.4, -0.2) is 30.5 Å². The van der Waals surface area contributed by atoms with E-state index in [1.165, 1.54) is 19.2 Å². The molecule has 0 unspecified atom stereocenters. The summed E-state index contributed by atoms with van der Waals surface area (Å²) in [5, 5.41) is 0. The number of methoxy groups -OCH3 is 1. The van der Waals surface area contributed by atoms with E-state index in [0.29, 0.717) is 5.69 Å². The quantitative estimate of drug-likeness (QED) is 0.672. The molecule has 0 saturated carbocycles. The molecule has 1 aromatic carbocycles. The van der Waals surface area contributed by atoms with E-state index in [1.807, 2.05) is 0 Å². The van der Waals surface area contributed by atoms with Gasteiger partial charge in [-0.25, -0.2) is 9.18 Å². The Kier molecular flexibility index (Phi) is 4.14. The predicted molar refractivity (Wildman–Crippen MR) is 68.4 cm³/mol. The van der Waals surface area contributed by atoms with Crippen molar-refractivity contribution in [3.05, 3.63) is 53.6 Å². The van der Waals surface area contributed by atoms with E-state index in [0.717, 1.165) is 6.07 Å². The second-order valence-electron chi connectivity index (χ2n) is 3.93. The first-order valence-electron chi connectivity index (χ1n) is 5.79. The van der Waals surface area contributed by atoms with Gasteiger partial charge >= 0.3 is 5.97 Å². The highest BCUT2D eigenvalue weighted by atomic mass is 19.1. The van der Waals surface area contributed by atoms with Crippen LogP contribution in [0.5, 0.6) is 5.75 Å². The zero-order valence-corrected chi connectivity index (χ0v) is 10.7. The van der Waals surface area contributed by atoms with Gasteiger partial charge in [-0.2, -0.15) is 0 Å². The van der Waals surface area contributed by atoms with Crippen molar-refractivity contribution < 1.29 is 23.5 Å². The number of rotatable bonds is 5. The first-order chi connectivity index (χ1) is 9.61. The van der Waals surface area contributed by atoms with Crippen LogP contribution in [0.25, 0.3) is 0 Å². The van der Waals surface area contributed by atoms with E-state index in [1.54, 1.807) is 18.3 Å². The number of hydrogen-bond donors (Lipinski definition) is 1. The van der Waals surface area contributed by atoms with Crippen LogP contribution in [0.2, 0.25) is 0 Å². The second kappa shape index (κ2) is 6.01. The SMILES string of the molecule is COc1ccc(C(=O)OCC(=O)c2ccc[nH]2)cc1F. The number of ether oxygens (including phenoxy) is 2. The molecule has 0 radical (unpaired) electrons. The van der Waals surface area contributed by atoms with Gasteiger partial charge < -0.3 is 14.5 Å². The molecule has 1 N–H and O–H groups in total. The lowest BCUT2D eigenvalue weighted by molar-refractivity contribution is 0.0473. The number of halogens is 1. The van der Waals surface area contributed by atoms with Gasteiger partial charge in [0.25, 0.3) is 0 Å². The molecule has 0 aliphatic carbocycles. The van der Waals surface area contributed by atoms with Crippen molar-refractivity contribution >= 4 is 11.8 Å². The van der Waals surface area contributed by atoms with E-state index in [4.69, 9.17) is 9.47 Å². The number of carbonyl (C=O) groups is 2. The van der Waals surface area contributed by atoms with Gasteiger partial charge in [-0.3, -0.25) is 4.79 Å². The number of H-pyrrole nitrogens is 1. The van der Waals surface area contributed by atoms with Crippen molar-refractivity contribution in [2.24, 2.45) is 0 Å². The molecule has 20 heavy (non-hydrogen) atoms. The maximum absolute atomic E-state index is 13.4. The molecule has 104 valence electrons. The second-order valence-corrected chi connectivity index (χ2v) is 3.93. The van der Waals surface area contributed by atoms with Gasteiger partial charge in [0.15, 0.2) is 18.2 Å². The summed E-state index contributed by atoms with van der Waals surface area (Å²) in [5.41, 5.74) is 0.362. The standard InChI is InChI=1S/C14H12FNO4/c1-19-13-5-4-9(7-10(13)15)14(18)20-8-12(17)11-3-2-6-16-11/h2-7,16H,8H2,1H3. The Morgan fingerprint density at radius 1 is 1.30 bits per heavy atom. The first-order valence-corrected chi connectivity index (χ1v) is 5.79. The van der Waals surface area contributed by atoms with Gasteiger partial charge in [-0.05, 0) is 30.3 Å². The van der Waals surface area contributed by atoms with E-state index in [2.05, 4.69) is 4.98 Å². The molecule has 0 aliphatic rings. The summed E-state index contributed by atoms with van der Waals surface area (Å²) in [6.45, 7) is -0.410. The van der Waals surface area contributed by atoms with Crippen LogP contribution in [0.3, 0.4) is 0 Å². The predicted octanol–water partition coefficient (Wildman–Crippen LogP) is 2.20. The van der Waals surface area contributed by atoms with Crippen LogP contribution in [0.15, 0.2) is 36.5 Å². The normalized spacial score (nSPS) is 10.1. The molecule has 0 aliphatic heterocycles. The van der Waals surface area contributed by atoms with Gasteiger partial charge in [0.1, 0.15) is 0 Å². The third-order valence-corrected chi connectivity index (χ3v) is 2.62. The Hall–Kier alpha value is -2.63. The minimum atomic E-state index is -0.772. The zero-order valence-electron chi connectivity index (χ0n) is 10.7. The van der Waals surface area contributed by atoms with Gasteiger partial charge in [-0.15, -0.1) is 0 Å².